The van der Waals surface area contributed by atoms with Gasteiger partial charge in [-0.2, -0.15) is 0 Å². The monoisotopic (exact) mass is 388 g/mol. The number of nitrogens with one attached hydrogen (secondary N) is 1. The van der Waals surface area contributed by atoms with Crippen LogP contribution in [0.5, 0.6) is 0 Å². The van der Waals surface area contributed by atoms with Crippen molar-refractivity contribution < 1.29 is 9.32 Å². The first-order valence-electron chi connectivity index (χ1n) is 9.83. The van der Waals surface area contributed by atoms with Gasteiger partial charge in [0.1, 0.15) is 5.76 Å². The number of carbonyl (C=O) groups is 1. The summed E-state index contributed by atoms with van der Waals surface area (Å²) in [5.41, 5.74) is 2.28. The number of rotatable bonds is 6. The third-order valence-electron chi connectivity index (χ3n) is 6.40. The smallest absolute Gasteiger partial charge is 0.236 e. The maximum atomic E-state index is 12.3. The van der Waals surface area contributed by atoms with Crippen molar-refractivity contribution in [2.45, 2.75) is 64.6 Å². The molecule has 2 heterocycles. The molecule has 2 aliphatic rings. The molecule has 7 heteroatoms. The zero-order valence-corrected chi connectivity index (χ0v) is 17.3. The molecule has 146 valence electrons. The zero-order chi connectivity index (χ0) is 19.1. The first-order chi connectivity index (χ1) is 12.9. The van der Waals surface area contributed by atoms with Crippen LogP contribution in [0.3, 0.4) is 0 Å². The lowest BCUT2D eigenvalue weighted by Gasteiger charge is -2.30. The lowest BCUT2D eigenvalue weighted by molar-refractivity contribution is -0.113. The molecule has 2 bridgehead atoms. The predicted octanol–water partition coefficient (Wildman–Crippen LogP) is 4.52. The normalized spacial score (nSPS) is 25.1. The van der Waals surface area contributed by atoms with Gasteiger partial charge in [0.15, 0.2) is 11.0 Å². The van der Waals surface area contributed by atoms with Crippen LogP contribution in [0.4, 0.5) is 5.82 Å². The Morgan fingerprint density at radius 3 is 2.81 bits per heavy atom. The number of aromatic nitrogens is 3. The predicted molar refractivity (Wildman–Crippen MR) is 106 cm³/mol. The van der Waals surface area contributed by atoms with Gasteiger partial charge in [0.2, 0.25) is 5.91 Å². The van der Waals surface area contributed by atoms with Crippen molar-refractivity contribution in [2.75, 3.05) is 11.1 Å². The van der Waals surface area contributed by atoms with E-state index in [1.54, 1.807) is 13.0 Å². The molecule has 2 aromatic heterocycles. The highest BCUT2D eigenvalue weighted by atomic mass is 32.2. The molecule has 0 radical (unpaired) electrons. The van der Waals surface area contributed by atoms with Gasteiger partial charge < -0.3 is 14.4 Å². The van der Waals surface area contributed by atoms with Crippen molar-refractivity contribution in [3.8, 4) is 0 Å². The molecule has 0 aliphatic heterocycles. The average molecular weight is 389 g/mol. The summed E-state index contributed by atoms with van der Waals surface area (Å²) < 4.78 is 7.36. The molecule has 1 amide bonds. The van der Waals surface area contributed by atoms with E-state index in [4.69, 9.17) is 9.51 Å². The molecule has 4 rings (SSSR count). The highest BCUT2D eigenvalue weighted by molar-refractivity contribution is 7.99. The maximum Gasteiger partial charge on any atom is 0.236 e. The second-order valence-corrected chi connectivity index (χ2v) is 9.12. The Morgan fingerprint density at radius 1 is 1.37 bits per heavy atom. The van der Waals surface area contributed by atoms with Crippen LogP contribution in [0.1, 0.15) is 55.8 Å². The number of amides is 1. The van der Waals surface area contributed by atoms with Crippen LogP contribution in [0.2, 0.25) is 0 Å². The van der Waals surface area contributed by atoms with E-state index >= 15 is 0 Å². The Morgan fingerprint density at radius 2 is 2.19 bits per heavy atom. The summed E-state index contributed by atoms with van der Waals surface area (Å²) >= 11 is 1.50. The number of fused-ring (bicyclic) bond motifs is 2. The van der Waals surface area contributed by atoms with Crippen LogP contribution in [0.25, 0.3) is 0 Å². The van der Waals surface area contributed by atoms with Gasteiger partial charge >= 0.3 is 0 Å². The number of nitrogens with zero attached hydrogens (tertiary/aromatic N) is 3. The first kappa shape index (κ1) is 18.6. The quantitative estimate of drug-likeness (QED) is 0.736. The van der Waals surface area contributed by atoms with Crippen molar-refractivity contribution in [3.63, 3.8) is 0 Å². The molecule has 1 N–H and O–H groups in total. The van der Waals surface area contributed by atoms with Crippen molar-refractivity contribution in [3.05, 3.63) is 23.2 Å². The molecule has 4 atom stereocenters. The van der Waals surface area contributed by atoms with Crippen LogP contribution in [-0.4, -0.2) is 26.4 Å². The summed E-state index contributed by atoms with van der Waals surface area (Å²) in [4.78, 5) is 17.0. The third-order valence-corrected chi connectivity index (χ3v) is 7.35. The summed E-state index contributed by atoms with van der Waals surface area (Å²) in [6.07, 6.45) is 5.55. The number of anilines is 1. The summed E-state index contributed by atoms with van der Waals surface area (Å²) in [5.74, 6) is 3.89. The lowest BCUT2D eigenvalue weighted by atomic mass is 9.84. The fourth-order valence-electron chi connectivity index (χ4n) is 4.99. The summed E-state index contributed by atoms with van der Waals surface area (Å²) in [5, 5.41) is 7.54. The summed E-state index contributed by atoms with van der Waals surface area (Å²) in [6, 6.07) is 2.15. The number of aryl methyl sites for hydroxylation is 2. The van der Waals surface area contributed by atoms with Gasteiger partial charge in [-0.25, -0.2) is 4.98 Å². The summed E-state index contributed by atoms with van der Waals surface area (Å²) in [6.45, 7) is 8.34. The molecule has 0 aromatic carbocycles. The average Bonchev–Trinajstić information content (AvgIpc) is 3.39. The molecule has 2 saturated carbocycles. The van der Waals surface area contributed by atoms with Gasteiger partial charge in [-0.3, -0.25) is 4.79 Å². The standard InChI is InChI=1S/C20H28N4O2S/c1-11-7-18(23-26-11)22-19(25)10-27-20-21-12(2)13(3)24(20)14(4)17-9-15-5-6-16(17)8-15/h7,14-17H,5-6,8-10H2,1-4H3,(H,22,23,25)/t14-,15+,16+,17+/m1/s1. The van der Waals surface area contributed by atoms with E-state index in [1.807, 2.05) is 0 Å². The first-order valence-corrected chi connectivity index (χ1v) is 10.8. The second kappa shape index (κ2) is 7.34. The van der Waals surface area contributed by atoms with Gasteiger partial charge in [-0.15, -0.1) is 0 Å². The van der Waals surface area contributed by atoms with Crippen molar-refractivity contribution in [2.24, 2.45) is 17.8 Å². The second-order valence-electron chi connectivity index (χ2n) is 8.17. The minimum absolute atomic E-state index is 0.0919. The molecule has 0 spiro atoms. The Balaban J connectivity index is 1.45. The lowest BCUT2D eigenvalue weighted by Crippen LogP contribution is -2.23. The minimum atomic E-state index is -0.0919. The maximum absolute atomic E-state index is 12.3. The van der Waals surface area contributed by atoms with E-state index < -0.39 is 0 Å². The van der Waals surface area contributed by atoms with Gasteiger partial charge in [-0.1, -0.05) is 23.3 Å². The van der Waals surface area contributed by atoms with Crippen LogP contribution < -0.4 is 5.32 Å². The summed E-state index contributed by atoms with van der Waals surface area (Å²) in [7, 11) is 0. The molecule has 27 heavy (non-hydrogen) atoms. The molecular formula is C20H28N4O2S. The number of imidazole rings is 1. The van der Waals surface area contributed by atoms with E-state index in [1.165, 1.54) is 43.1 Å². The Labute approximate surface area is 164 Å². The van der Waals surface area contributed by atoms with E-state index in [0.717, 1.165) is 28.6 Å². The van der Waals surface area contributed by atoms with E-state index in [2.05, 4.69) is 35.8 Å². The number of thioether (sulfide) groups is 1. The largest absolute Gasteiger partial charge is 0.360 e. The number of hydrogen-bond donors (Lipinski definition) is 1. The minimum Gasteiger partial charge on any atom is -0.360 e. The third kappa shape index (κ3) is 3.66. The van der Waals surface area contributed by atoms with Crippen LogP contribution in [-0.2, 0) is 4.79 Å². The van der Waals surface area contributed by atoms with Crippen LogP contribution in [0, 0.1) is 38.5 Å². The highest BCUT2D eigenvalue weighted by Crippen LogP contribution is 2.52. The molecule has 2 fully saturated rings. The van der Waals surface area contributed by atoms with E-state index in [-0.39, 0.29) is 5.91 Å². The molecular weight excluding hydrogens is 360 g/mol. The van der Waals surface area contributed by atoms with Gasteiger partial charge in [-0.05, 0) is 64.7 Å². The van der Waals surface area contributed by atoms with Gasteiger partial charge in [0.25, 0.3) is 0 Å². The van der Waals surface area contributed by atoms with Crippen molar-refractivity contribution in [1.29, 1.82) is 0 Å². The van der Waals surface area contributed by atoms with Crippen LogP contribution in [0.15, 0.2) is 15.7 Å². The SMILES string of the molecule is Cc1cc(NC(=O)CSc2nc(C)c(C)n2[C@H](C)[C@@H]2C[C@H]3CC[C@H]2C3)no1. The number of hydrogen-bond acceptors (Lipinski definition) is 5. The zero-order valence-electron chi connectivity index (χ0n) is 16.5. The molecule has 0 saturated heterocycles. The molecule has 6 nitrogen and oxygen atoms in total. The van der Waals surface area contributed by atoms with Gasteiger partial charge in [0, 0.05) is 17.8 Å². The van der Waals surface area contributed by atoms with Gasteiger partial charge in [0.05, 0.1) is 11.4 Å². The Hall–Kier alpha value is -1.76. The topological polar surface area (TPSA) is 73.0 Å². The van der Waals surface area contributed by atoms with Crippen molar-refractivity contribution >= 4 is 23.5 Å². The fraction of sp³-hybridized carbons (Fsp3) is 0.650. The fourth-order valence-corrected chi connectivity index (χ4v) is 5.96. The Bertz CT molecular complexity index is 843. The molecule has 0 unspecified atom stereocenters. The highest BCUT2D eigenvalue weighted by Gasteiger charge is 2.43. The molecule has 2 aliphatic carbocycles. The van der Waals surface area contributed by atoms with Crippen molar-refractivity contribution in [1.82, 2.24) is 14.7 Å². The van der Waals surface area contributed by atoms with E-state index in [0.29, 0.717) is 23.4 Å². The van der Waals surface area contributed by atoms with Crippen LogP contribution >= 0.6 is 11.8 Å². The van der Waals surface area contributed by atoms with E-state index in [9.17, 15) is 4.79 Å². The Kier molecular flexibility index (Phi) is 5.05. The molecule has 2 aromatic rings. The number of carbonyl (C=O) groups excluding carboxylic acids is 1.